The van der Waals surface area contributed by atoms with Gasteiger partial charge in [0.2, 0.25) is 0 Å². The van der Waals surface area contributed by atoms with Crippen LogP contribution in [-0.2, 0) is 0 Å². The third-order valence-electron chi connectivity index (χ3n) is 2.74. The Morgan fingerprint density at radius 1 is 1.11 bits per heavy atom. The van der Waals surface area contributed by atoms with Gasteiger partial charge in [-0.25, -0.2) is 4.79 Å². The van der Waals surface area contributed by atoms with E-state index >= 15 is 0 Å². The van der Waals surface area contributed by atoms with E-state index in [1.807, 2.05) is 6.92 Å². The average molecular weight is 242 g/mol. The molecular formula is C14H14N2O2. The van der Waals surface area contributed by atoms with Crippen molar-refractivity contribution in [3.05, 3.63) is 47.5 Å². The molecule has 2 aromatic carbocycles. The average Bonchev–Trinajstić information content (AvgIpc) is 2.29. The number of nitrogens with two attached hydrogens (primary N) is 2. The van der Waals surface area contributed by atoms with E-state index in [2.05, 4.69) is 0 Å². The first-order valence-electron chi connectivity index (χ1n) is 5.48. The number of hydrogen-bond acceptors (Lipinski definition) is 3. The number of carboxylic acid groups (broad SMARTS) is 1. The van der Waals surface area contributed by atoms with Crippen molar-refractivity contribution in [3.63, 3.8) is 0 Å². The van der Waals surface area contributed by atoms with Crippen LogP contribution in [0.1, 0.15) is 15.9 Å². The normalized spacial score (nSPS) is 10.3. The Kier molecular flexibility index (Phi) is 2.93. The highest BCUT2D eigenvalue weighted by Crippen LogP contribution is 2.31. The summed E-state index contributed by atoms with van der Waals surface area (Å²) >= 11 is 0. The van der Waals surface area contributed by atoms with Crippen molar-refractivity contribution in [1.29, 1.82) is 0 Å². The molecule has 0 unspecified atom stereocenters. The molecule has 4 nitrogen and oxygen atoms in total. The third kappa shape index (κ3) is 2.13. The number of aromatic carboxylic acids is 1. The number of hydrogen-bond donors (Lipinski definition) is 3. The highest BCUT2D eigenvalue weighted by Gasteiger charge is 2.15. The molecule has 18 heavy (non-hydrogen) atoms. The molecule has 2 rings (SSSR count). The first-order valence-corrected chi connectivity index (χ1v) is 5.48. The fourth-order valence-corrected chi connectivity index (χ4v) is 1.96. The number of benzene rings is 2. The lowest BCUT2D eigenvalue weighted by Gasteiger charge is -2.11. The van der Waals surface area contributed by atoms with Gasteiger partial charge >= 0.3 is 5.97 Å². The van der Waals surface area contributed by atoms with Gasteiger partial charge in [0.25, 0.3) is 0 Å². The van der Waals surface area contributed by atoms with Crippen molar-refractivity contribution in [2.45, 2.75) is 6.92 Å². The number of aryl methyl sites for hydroxylation is 1. The van der Waals surface area contributed by atoms with Gasteiger partial charge in [-0.05, 0) is 42.3 Å². The summed E-state index contributed by atoms with van der Waals surface area (Å²) in [7, 11) is 0. The van der Waals surface area contributed by atoms with Crippen LogP contribution in [0.25, 0.3) is 11.1 Å². The van der Waals surface area contributed by atoms with Gasteiger partial charge in [0.15, 0.2) is 0 Å². The summed E-state index contributed by atoms with van der Waals surface area (Å²) < 4.78 is 0. The van der Waals surface area contributed by atoms with Crippen LogP contribution in [0.2, 0.25) is 0 Å². The molecule has 0 radical (unpaired) electrons. The van der Waals surface area contributed by atoms with E-state index in [1.54, 1.807) is 36.4 Å². The predicted octanol–water partition coefficient (Wildman–Crippen LogP) is 2.52. The molecule has 0 amide bonds. The number of anilines is 2. The molecule has 0 saturated carbocycles. The Bertz CT molecular complexity index is 604. The van der Waals surface area contributed by atoms with E-state index in [0.717, 1.165) is 11.1 Å². The monoisotopic (exact) mass is 242 g/mol. The molecule has 0 aliphatic carbocycles. The summed E-state index contributed by atoms with van der Waals surface area (Å²) in [5, 5.41) is 9.25. The fraction of sp³-hybridized carbons (Fsp3) is 0.0714. The quantitative estimate of drug-likeness (QED) is 0.706. The van der Waals surface area contributed by atoms with Gasteiger partial charge in [0.1, 0.15) is 0 Å². The molecule has 0 aliphatic heterocycles. The van der Waals surface area contributed by atoms with Gasteiger partial charge in [0.05, 0.1) is 5.56 Å². The number of nitrogen functional groups attached to an aromatic ring is 2. The van der Waals surface area contributed by atoms with Gasteiger partial charge in [-0.15, -0.1) is 0 Å². The molecule has 5 N–H and O–H groups in total. The molecule has 0 aliphatic rings. The van der Waals surface area contributed by atoms with Gasteiger partial charge < -0.3 is 16.6 Å². The maximum Gasteiger partial charge on any atom is 0.336 e. The summed E-state index contributed by atoms with van der Waals surface area (Å²) in [6, 6.07) is 10.4. The van der Waals surface area contributed by atoms with Crippen molar-refractivity contribution in [3.8, 4) is 11.1 Å². The van der Waals surface area contributed by atoms with Crippen molar-refractivity contribution < 1.29 is 9.90 Å². The zero-order valence-corrected chi connectivity index (χ0v) is 9.97. The fourth-order valence-electron chi connectivity index (χ4n) is 1.96. The molecule has 0 saturated heterocycles. The Morgan fingerprint density at radius 2 is 1.72 bits per heavy atom. The molecule has 92 valence electrons. The lowest BCUT2D eigenvalue weighted by molar-refractivity contribution is 0.0697. The zero-order valence-electron chi connectivity index (χ0n) is 9.97. The molecule has 0 bridgehead atoms. The third-order valence-corrected chi connectivity index (χ3v) is 2.74. The molecule has 4 heteroatoms. The first kappa shape index (κ1) is 12.0. The van der Waals surface area contributed by atoms with Crippen LogP contribution in [0, 0.1) is 6.92 Å². The van der Waals surface area contributed by atoms with Crippen LogP contribution in [0.3, 0.4) is 0 Å². The topological polar surface area (TPSA) is 89.3 Å². The number of rotatable bonds is 2. The van der Waals surface area contributed by atoms with Gasteiger partial charge in [-0.2, -0.15) is 0 Å². The van der Waals surface area contributed by atoms with Gasteiger partial charge in [-0.1, -0.05) is 12.1 Å². The minimum absolute atomic E-state index is 0.206. The van der Waals surface area contributed by atoms with Crippen LogP contribution in [0.4, 0.5) is 11.4 Å². The van der Waals surface area contributed by atoms with Gasteiger partial charge in [-0.3, -0.25) is 0 Å². The van der Waals surface area contributed by atoms with Crippen LogP contribution in [0.5, 0.6) is 0 Å². The summed E-state index contributed by atoms with van der Waals surface area (Å²) in [5.74, 6) is -0.989. The van der Waals surface area contributed by atoms with Crippen LogP contribution < -0.4 is 11.5 Å². The largest absolute Gasteiger partial charge is 0.478 e. The first-order chi connectivity index (χ1) is 8.49. The maximum absolute atomic E-state index is 11.3. The Balaban J connectivity index is 2.69. The second-order valence-corrected chi connectivity index (χ2v) is 4.20. The summed E-state index contributed by atoms with van der Waals surface area (Å²) in [6.45, 7) is 1.82. The zero-order chi connectivity index (χ0) is 13.3. The lowest BCUT2D eigenvalue weighted by atomic mass is 9.95. The highest BCUT2D eigenvalue weighted by molar-refractivity contribution is 6.00. The SMILES string of the molecule is Cc1cc(N)c(-c2ccc(N)cc2)c(C(=O)O)c1. The maximum atomic E-state index is 11.3. The second-order valence-electron chi connectivity index (χ2n) is 4.20. The highest BCUT2D eigenvalue weighted by atomic mass is 16.4. The van der Waals surface area contributed by atoms with E-state index in [9.17, 15) is 9.90 Å². The number of carboxylic acids is 1. The summed E-state index contributed by atoms with van der Waals surface area (Å²) in [5.41, 5.74) is 14.9. The van der Waals surface area contributed by atoms with Crippen LogP contribution >= 0.6 is 0 Å². The molecular weight excluding hydrogens is 228 g/mol. The minimum Gasteiger partial charge on any atom is -0.478 e. The standard InChI is InChI=1S/C14H14N2O2/c1-8-6-11(14(17)18)13(12(16)7-8)9-2-4-10(15)5-3-9/h2-7H,15-16H2,1H3,(H,17,18). The Labute approximate surface area is 105 Å². The predicted molar refractivity (Wildman–Crippen MR) is 72.4 cm³/mol. The molecule has 0 fully saturated rings. The van der Waals surface area contributed by atoms with E-state index in [-0.39, 0.29) is 5.56 Å². The van der Waals surface area contributed by atoms with E-state index < -0.39 is 5.97 Å². The van der Waals surface area contributed by atoms with E-state index in [0.29, 0.717) is 16.9 Å². The van der Waals surface area contributed by atoms with Crippen molar-refractivity contribution in [2.75, 3.05) is 11.5 Å². The molecule has 0 heterocycles. The molecule has 0 atom stereocenters. The van der Waals surface area contributed by atoms with E-state index in [1.165, 1.54) is 0 Å². The second kappa shape index (κ2) is 4.41. The summed E-state index contributed by atoms with van der Waals surface area (Å²) in [6.07, 6.45) is 0. The molecule has 0 spiro atoms. The molecule has 0 aromatic heterocycles. The number of carbonyl (C=O) groups is 1. The van der Waals surface area contributed by atoms with Crippen molar-refractivity contribution >= 4 is 17.3 Å². The summed E-state index contributed by atoms with van der Waals surface area (Å²) in [4.78, 5) is 11.3. The Hall–Kier alpha value is -2.49. The Morgan fingerprint density at radius 3 is 2.28 bits per heavy atom. The van der Waals surface area contributed by atoms with E-state index in [4.69, 9.17) is 11.5 Å². The van der Waals surface area contributed by atoms with Gasteiger partial charge in [0, 0.05) is 16.9 Å². The minimum atomic E-state index is -0.989. The molecule has 2 aromatic rings. The van der Waals surface area contributed by atoms with Crippen LogP contribution in [-0.4, -0.2) is 11.1 Å². The van der Waals surface area contributed by atoms with Crippen molar-refractivity contribution in [1.82, 2.24) is 0 Å². The lowest BCUT2D eigenvalue weighted by Crippen LogP contribution is -2.04. The smallest absolute Gasteiger partial charge is 0.336 e. The van der Waals surface area contributed by atoms with Crippen LogP contribution in [0.15, 0.2) is 36.4 Å². The van der Waals surface area contributed by atoms with Crippen molar-refractivity contribution in [2.24, 2.45) is 0 Å².